The lowest BCUT2D eigenvalue weighted by molar-refractivity contribution is -0.525. The van der Waals surface area contributed by atoms with Gasteiger partial charge in [-0.2, -0.15) is 0 Å². The number of hydrazine groups is 1. The zero-order chi connectivity index (χ0) is 15.4. The highest BCUT2D eigenvalue weighted by molar-refractivity contribution is 5.94. The molecule has 1 atom stereocenters. The van der Waals surface area contributed by atoms with E-state index in [-0.39, 0.29) is 18.1 Å². The zero-order valence-electron chi connectivity index (χ0n) is 11.5. The van der Waals surface area contributed by atoms with E-state index in [0.29, 0.717) is 11.5 Å². The molecule has 0 saturated heterocycles. The van der Waals surface area contributed by atoms with Crippen molar-refractivity contribution in [2.24, 2.45) is 4.99 Å². The molecule has 0 fully saturated rings. The molecule has 0 bridgehead atoms. The molecule has 0 radical (unpaired) electrons. The van der Waals surface area contributed by atoms with E-state index in [1.54, 1.807) is 26.0 Å². The van der Waals surface area contributed by atoms with Crippen molar-refractivity contribution >= 4 is 11.9 Å². The monoisotopic (exact) mass is 294 g/mol. The molecule has 0 aromatic carbocycles. The van der Waals surface area contributed by atoms with Crippen molar-refractivity contribution in [1.29, 1.82) is 0 Å². The smallest absolute Gasteiger partial charge is 0.338 e. The molecule has 2 heterocycles. The quantitative estimate of drug-likeness (QED) is 0.481. The minimum absolute atomic E-state index is 0.0769. The van der Waals surface area contributed by atoms with E-state index in [9.17, 15) is 14.9 Å². The molecule has 1 aliphatic heterocycles. The van der Waals surface area contributed by atoms with E-state index in [1.807, 2.05) is 5.43 Å². The highest BCUT2D eigenvalue weighted by atomic mass is 16.7. The maximum Gasteiger partial charge on any atom is 0.338 e. The van der Waals surface area contributed by atoms with Crippen LogP contribution in [0, 0.1) is 10.1 Å². The van der Waals surface area contributed by atoms with E-state index in [0.717, 1.165) is 0 Å². The minimum Gasteiger partial charge on any atom is -0.467 e. The Hall–Kier alpha value is -2.84. The lowest BCUT2D eigenvalue weighted by atomic mass is 10.0. The van der Waals surface area contributed by atoms with Gasteiger partial charge < -0.3 is 14.5 Å². The summed E-state index contributed by atoms with van der Waals surface area (Å²) in [5.41, 5.74) is 2.59. The van der Waals surface area contributed by atoms with Crippen LogP contribution in [0.4, 0.5) is 0 Å². The molecule has 0 amide bonds. The van der Waals surface area contributed by atoms with Crippen molar-refractivity contribution in [2.75, 3.05) is 6.61 Å². The highest BCUT2D eigenvalue weighted by Gasteiger charge is 2.32. The lowest BCUT2D eigenvalue weighted by Gasteiger charge is -2.22. The number of nitrogens with one attached hydrogen (secondary N) is 2. The van der Waals surface area contributed by atoms with Crippen molar-refractivity contribution in [1.82, 2.24) is 10.7 Å². The van der Waals surface area contributed by atoms with Crippen molar-refractivity contribution in [3.05, 3.63) is 45.5 Å². The molecule has 1 aliphatic rings. The molecular weight excluding hydrogens is 280 g/mol. The minimum atomic E-state index is -0.803. The normalized spacial score (nSPS) is 17.8. The molecule has 1 aromatic rings. The fourth-order valence-electron chi connectivity index (χ4n) is 1.95. The summed E-state index contributed by atoms with van der Waals surface area (Å²) in [6.07, 6.45) is 1.44. The number of rotatable bonds is 4. The van der Waals surface area contributed by atoms with Gasteiger partial charge >= 0.3 is 5.97 Å². The summed E-state index contributed by atoms with van der Waals surface area (Å²) in [6, 6.07) is 2.48. The Kier molecular flexibility index (Phi) is 4.21. The first-order chi connectivity index (χ1) is 10.0. The Morgan fingerprint density at radius 1 is 1.67 bits per heavy atom. The van der Waals surface area contributed by atoms with Crippen molar-refractivity contribution in [3.63, 3.8) is 0 Å². The van der Waals surface area contributed by atoms with E-state index in [2.05, 4.69) is 10.3 Å². The number of aliphatic imine (C=N–C) groups is 1. The summed E-state index contributed by atoms with van der Waals surface area (Å²) in [4.78, 5) is 26.7. The number of nitro groups is 1. The number of furan rings is 1. The maximum absolute atomic E-state index is 12.1. The van der Waals surface area contributed by atoms with Gasteiger partial charge in [-0.05, 0) is 26.0 Å². The van der Waals surface area contributed by atoms with E-state index in [1.165, 1.54) is 6.26 Å². The number of esters is 1. The Bertz CT molecular complexity index is 605. The molecule has 2 N–H and O–H groups in total. The lowest BCUT2D eigenvalue weighted by Crippen LogP contribution is -2.43. The SMILES string of the molecule is CCOC(=O)C1=C(C)NC(N[N+](=O)[O-])=N[C@H]1c1ccco1. The number of carbonyl (C=O) groups excluding carboxylic acids is 1. The number of ether oxygens (including phenoxy) is 1. The summed E-state index contributed by atoms with van der Waals surface area (Å²) in [7, 11) is 0. The first kappa shape index (κ1) is 14.6. The van der Waals surface area contributed by atoms with Gasteiger partial charge in [0, 0.05) is 5.70 Å². The third-order valence-electron chi connectivity index (χ3n) is 2.75. The number of hydrogen-bond acceptors (Lipinski definition) is 7. The van der Waals surface area contributed by atoms with Gasteiger partial charge in [0.25, 0.3) is 5.96 Å². The van der Waals surface area contributed by atoms with Gasteiger partial charge in [0.05, 0.1) is 18.4 Å². The number of nitrogens with zero attached hydrogens (tertiary/aromatic N) is 2. The highest BCUT2D eigenvalue weighted by Crippen LogP contribution is 2.31. The van der Waals surface area contributed by atoms with E-state index < -0.39 is 17.0 Å². The zero-order valence-corrected chi connectivity index (χ0v) is 11.5. The van der Waals surface area contributed by atoms with Crippen LogP contribution in [0.1, 0.15) is 25.6 Å². The maximum atomic E-state index is 12.1. The molecule has 0 spiro atoms. The van der Waals surface area contributed by atoms with Gasteiger partial charge in [0.2, 0.25) is 0 Å². The largest absolute Gasteiger partial charge is 0.467 e. The predicted octanol–water partition coefficient (Wildman–Crippen LogP) is 0.898. The molecule has 1 aromatic heterocycles. The average molecular weight is 294 g/mol. The number of hydrogen-bond donors (Lipinski definition) is 2. The van der Waals surface area contributed by atoms with E-state index >= 15 is 0 Å². The van der Waals surface area contributed by atoms with Gasteiger partial charge in [0.15, 0.2) is 5.03 Å². The fourth-order valence-corrected chi connectivity index (χ4v) is 1.95. The third kappa shape index (κ3) is 3.19. The Balaban J connectivity index is 2.38. The van der Waals surface area contributed by atoms with E-state index in [4.69, 9.17) is 9.15 Å². The molecule has 0 unspecified atom stereocenters. The van der Waals surface area contributed by atoms with Crippen LogP contribution in [0.3, 0.4) is 0 Å². The fraction of sp³-hybridized carbons (Fsp3) is 0.333. The average Bonchev–Trinajstić information content (AvgIpc) is 2.90. The van der Waals surface area contributed by atoms with Crippen LogP contribution < -0.4 is 10.7 Å². The van der Waals surface area contributed by atoms with Crippen LogP contribution in [-0.2, 0) is 9.53 Å². The van der Waals surface area contributed by atoms with Crippen LogP contribution in [0.25, 0.3) is 0 Å². The predicted molar refractivity (Wildman–Crippen MR) is 71.5 cm³/mol. The van der Waals surface area contributed by atoms with Gasteiger partial charge in [0.1, 0.15) is 11.8 Å². The Morgan fingerprint density at radius 2 is 2.43 bits per heavy atom. The molecular formula is C12H14N4O5. The molecule has 112 valence electrons. The molecule has 0 saturated carbocycles. The van der Waals surface area contributed by atoms with Gasteiger partial charge in [-0.15, -0.1) is 0 Å². The number of allylic oxidation sites excluding steroid dienone is 1. The van der Waals surface area contributed by atoms with Crippen LogP contribution in [-0.4, -0.2) is 23.6 Å². The van der Waals surface area contributed by atoms with Crippen LogP contribution in [0.15, 0.2) is 39.1 Å². The summed E-state index contributed by atoms with van der Waals surface area (Å²) >= 11 is 0. The first-order valence-electron chi connectivity index (χ1n) is 6.20. The van der Waals surface area contributed by atoms with Crippen molar-refractivity contribution in [3.8, 4) is 0 Å². The van der Waals surface area contributed by atoms with Crippen LogP contribution in [0.5, 0.6) is 0 Å². The number of carbonyl (C=O) groups is 1. The van der Waals surface area contributed by atoms with Gasteiger partial charge in [-0.1, -0.05) is 5.43 Å². The second-order valence-corrected chi connectivity index (χ2v) is 4.15. The molecule has 9 nitrogen and oxygen atoms in total. The molecule has 21 heavy (non-hydrogen) atoms. The van der Waals surface area contributed by atoms with Crippen LogP contribution >= 0.6 is 0 Å². The molecule has 9 heteroatoms. The van der Waals surface area contributed by atoms with Crippen molar-refractivity contribution in [2.45, 2.75) is 19.9 Å². The summed E-state index contributed by atoms with van der Waals surface area (Å²) in [6.45, 7) is 3.51. The van der Waals surface area contributed by atoms with Crippen molar-refractivity contribution < 1.29 is 19.0 Å². The van der Waals surface area contributed by atoms with Crippen LogP contribution in [0.2, 0.25) is 0 Å². The topological polar surface area (TPSA) is 119 Å². The second kappa shape index (κ2) is 6.07. The molecule has 0 aliphatic carbocycles. The summed E-state index contributed by atoms with van der Waals surface area (Å²) in [5.74, 6) is -0.235. The Labute approximate surface area is 119 Å². The summed E-state index contributed by atoms with van der Waals surface area (Å²) < 4.78 is 10.3. The Morgan fingerprint density at radius 3 is 3.00 bits per heavy atom. The van der Waals surface area contributed by atoms with Gasteiger partial charge in [-0.25, -0.2) is 19.9 Å². The third-order valence-corrected chi connectivity index (χ3v) is 2.75. The summed E-state index contributed by atoms with van der Waals surface area (Å²) in [5, 5.41) is 12.4. The van der Waals surface area contributed by atoms with Gasteiger partial charge in [-0.3, -0.25) is 0 Å². The number of guanidine groups is 1. The standard InChI is InChI=1S/C12H14N4O5/c1-3-20-11(17)9-7(2)13-12(15-16(18)19)14-10(9)8-5-4-6-21-8/h4-6,10H,3H2,1-2H3,(H2,13,14,15)/t10-/m0/s1. The second-order valence-electron chi connectivity index (χ2n) is 4.15. The first-order valence-corrected chi connectivity index (χ1v) is 6.20. The molecule has 2 rings (SSSR count).